The molecule has 9 nitrogen and oxygen atoms in total. The van der Waals surface area contributed by atoms with Gasteiger partial charge >= 0.3 is 11.9 Å². The van der Waals surface area contributed by atoms with Gasteiger partial charge in [0.25, 0.3) is 0 Å². The van der Waals surface area contributed by atoms with E-state index < -0.39 is 21.4 Å². The van der Waals surface area contributed by atoms with Crippen molar-refractivity contribution in [2.75, 3.05) is 19.3 Å². The van der Waals surface area contributed by atoms with E-state index in [-0.39, 0.29) is 63.9 Å². The SMILES string of the molecule is C=C(C)[C@@H]1CC[C@]2(CC(=O)N3CC[C@@H](NS(C)(=O)=O)C3)CC[C@]3(C)[C@H](CC[C@@H]4[C@@]5(C)CC[C@H](OC(=O)CC(C)(C)CC(=O)O)C(C)(C)[C@@H]5CC[C@]43C)[C@@H]12. The van der Waals surface area contributed by atoms with Gasteiger partial charge in [-0.25, -0.2) is 13.1 Å². The third-order valence-electron chi connectivity index (χ3n) is 17.1. The first-order valence-corrected chi connectivity index (χ1v) is 22.6. The highest BCUT2D eigenvalue weighted by atomic mass is 32.2. The molecule has 11 atom stereocenters. The molecular weight excluding hydrogens is 689 g/mol. The number of esters is 1. The Morgan fingerprint density at radius 2 is 1.58 bits per heavy atom. The first kappa shape index (κ1) is 40.7. The summed E-state index contributed by atoms with van der Waals surface area (Å²) in [5.41, 5.74) is 0.786. The highest BCUT2D eigenvalue weighted by molar-refractivity contribution is 7.88. The van der Waals surface area contributed by atoms with Gasteiger partial charge in [0.15, 0.2) is 0 Å². The number of carboxylic acids is 1. The first-order chi connectivity index (χ1) is 24.4. The fraction of sp³-hybridized carbons (Fsp3) is 0.884. The average Bonchev–Trinajstić information content (AvgIpc) is 3.62. The van der Waals surface area contributed by atoms with Crippen LogP contribution in [0.5, 0.6) is 0 Å². The summed E-state index contributed by atoms with van der Waals surface area (Å²) < 4.78 is 32.8. The molecule has 0 unspecified atom stereocenters. The predicted octanol–water partition coefficient (Wildman–Crippen LogP) is 7.99. The van der Waals surface area contributed by atoms with Gasteiger partial charge in [0.05, 0.1) is 19.1 Å². The Bertz CT molecular complexity index is 1610. The number of likely N-dealkylation sites (tertiary alicyclic amines) is 1. The number of ether oxygens (including phenoxy) is 1. The Labute approximate surface area is 320 Å². The molecule has 0 radical (unpaired) electrons. The van der Waals surface area contributed by atoms with Gasteiger partial charge in [-0.15, -0.1) is 0 Å². The van der Waals surface area contributed by atoms with Gasteiger partial charge in [0.1, 0.15) is 6.10 Å². The molecule has 0 aromatic carbocycles. The molecule has 2 N–H and O–H groups in total. The minimum Gasteiger partial charge on any atom is -0.481 e. The van der Waals surface area contributed by atoms with Crippen molar-refractivity contribution in [3.63, 3.8) is 0 Å². The van der Waals surface area contributed by atoms with Crippen LogP contribution in [-0.2, 0) is 29.1 Å². The van der Waals surface area contributed by atoms with Crippen LogP contribution in [0.4, 0.5) is 0 Å². The maximum Gasteiger partial charge on any atom is 0.306 e. The van der Waals surface area contributed by atoms with Crippen molar-refractivity contribution in [1.29, 1.82) is 0 Å². The molecule has 5 saturated carbocycles. The number of fused-ring (bicyclic) bond motifs is 7. The molecule has 1 amide bonds. The van der Waals surface area contributed by atoms with Crippen LogP contribution in [0.15, 0.2) is 12.2 Å². The molecule has 0 bridgehead atoms. The van der Waals surface area contributed by atoms with E-state index in [1.165, 1.54) is 24.7 Å². The monoisotopic (exact) mass is 758 g/mol. The number of carbonyl (C=O) groups is 3. The van der Waals surface area contributed by atoms with E-state index in [1.54, 1.807) is 0 Å². The van der Waals surface area contributed by atoms with Gasteiger partial charge < -0.3 is 14.7 Å². The molecule has 0 aromatic rings. The van der Waals surface area contributed by atoms with Crippen molar-refractivity contribution < 1.29 is 32.6 Å². The molecule has 6 rings (SSSR count). The summed E-state index contributed by atoms with van der Waals surface area (Å²) in [6.07, 6.45) is 13.1. The van der Waals surface area contributed by atoms with Crippen LogP contribution in [0.1, 0.15) is 145 Å². The molecule has 1 aliphatic heterocycles. The fourth-order valence-electron chi connectivity index (χ4n) is 14.6. The summed E-state index contributed by atoms with van der Waals surface area (Å²) >= 11 is 0. The van der Waals surface area contributed by atoms with E-state index in [4.69, 9.17) is 4.74 Å². The standard InChI is InChI=1S/C43H70N2O7S/c1-27(2)29-13-19-43(23-34(46)45-22-16-28(26-45)44-53(10,50)51)21-20-41(8)30(37(29)43)11-12-32-40(7)17-15-33(39(5,6)31(40)14-18-42(32,41)9)52-36(49)25-38(3,4)24-35(47)48/h28-33,37,44H,1,11-26H2,2-10H3,(H,47,48)/t28-,29+,30-,31+,32-,33+,37-,40+,41-,42-,43-/m1/s1. The van der Waals surface area contributed by atoms with Crippen LogP contribution in [0.2, 0.25) is 0 Å². The average molecular weight is 759 g/mol. The molecule has 10 heteroatoms. The molecule has 6 aliphatic rings. The maximum absolute atomic E-state index is 14.1. The topological polar surface area (TPSA) is 130 Å². The number of rotatable bonds is 10. The van der Waals surface area contributed by atoms with E-state index in [9.17, 15) is 27.9 Å². The minimum absolute atomic E-state index is 0.0412. The predicted molar refractivity (Wildman–Crippen MR) is 207 cm³/mol. The maximum atomic E-state index is 14.1. The number of nitrogens with one attached hydrogen (secondary N) is 1. The van der Waals surface area contributed by atoms with Crippen molar-refractivity contribution >= 4 is 27.9 Å². The zero-order valence-electron chi connectivity index (χ0n) is 34.3. The first-order valence-electron chi connectivity index (χ1n) is 20.7. The Hall–Kier alpha value is -1.94. The number of hydrogen-bond acceptors (Lipinski definition) is 6. The molecule has 53 heavy (non-hydrogen) atoms. The number of hydrogen-bond donors (Lipinski definition) is 2. The summed E-state index contributed by atoms with van der Waals surface area (Å²) in [6.45, 7) is 23.9. The molecule has 0 spiro atoms. The number of sulfonamides is 1. The van der Waals surface area contributed by atoms with Crippen LogP contribution in [-0.4, -0.2) is 67.8 Å². The van der Waals surface area contributed by atoms with Crippen molar-refractivity contribution in [2.45, 2.75) is 157 Å². The second-order valence-electron chi connectivity index (χ2n) is 21.2. The largest absolute Gasteiger partial charge is 0.481 e. The van der Waals surface area contributed by atoms with Crippen LogP contribution in [0, 0.1) is 62.1 Å². The van der Waals surface area contributed by atoms with Gasteiger partial charge in [0, 0.05) is 31.0 Å². The smallest absolute Gasteiger partial charge is 0.306 e. The van der Waals surface area contributed by atoms with Crippen LogP contribution < -0.4 is 4.72 Å². The lowest BCUT2D eigenvalue weighted by Gasteiger charge is -2.73. The van der Waals surface area contributed by atoms with E-state index in [0.29, 0.717) is 55.5 Å². The van der Waals surface area contributed by atoms with Crippen LogP contribution in [0.3, 0.4) is 0 Å². The second-order valence-corrected chi connectivity index (χ2v) is 23.0. The highest BCUT2D eigenvalue weighted by Crippen LogP contribution is 2.78. The Balaban J connectivity index is 1.21. The van der Waals surface area contributed by atoms with Gasteiger partial charge in [0.2, 0.25) is 15.9 Å². The van der Waals surface area contributed by atoms with Gasteiger partial charge in [-0.2, -0.15) is 0 Å². The number of nitrogens with zero attached hydrogens (tertiary/aromatic N) is 1. The number of amides is 1. The molecular formula is C43H70N2O7S. The lowest BCUT2D eigenvalue weighted by atomic mass is 9.32. The van der Waals surface area contributed by atoms with E-state index in [1.807, 2.05) is 18.7 Å². The molecule has 1 saturated heterocycles. The Morgan fingerprint density at radius 3 is 2.23 bits per heavy atom. The fourth-order valence-corrected chi connectivity index (χ4v) is 15.4. The lowest BCUT2D eigenvalue weighted by molar-refractivity contribution is -0.250. The van der Waals surface area contributed by atoms with E-state index >= 15 is 0 Å². The molecule has 0 aromatic heterocycles. The molecule has 300 valence electrons. The van der Waals surface area contributed by atoms with E-state index in [0.717, 1.165) is 51.4 Å². The van der Waals surface area contributed by atoms with E-state index in [2.05, 4.69) is 52.8 Å². The third kappa shape index (κ3) is 7.05. The van der Waals surface area contributed by atoms with Gasteiger partial charge in [-0.05, 0) is 134 Å². The van der Waals surface area contributed by atoms with Crippen molar-refractivity contribution in [3.05, 3.63) is 12.2 Å². The second kappa shape index (κ2) is 13.6. The van der Waals surface area contributed by atoms with Crippen molar-refractivity contribution in [2.24, 2.45) is 62.1 Å². The number of carboxylic acid groups (broad SMARTS) is 1. The zero-order chi connectivity index (χ0) is 39.2. The Morgan fingerprint density at radius 1 is 0.887 bits per heavy atom. The summed E-state index contributed by atoms with van der Waals surface area (Å²) in [5, 5.41) is 9.35. The molecule has 6 fully saturated rings. The van der Waals surface area contributed by atoms with Crippen LogP contribution >= 0.6 is 0 Å². The summed E-state index contributed by atoms with van der Waals surface area (Å²) in [4.78, 5) is 40.7. The normalized spacial score (nSPS) is 42.1. The highest BCUT2D eigenvalue weighted by Gasteiger charge is 2.71. The Kier molecular flexibility index (Phi) is 10.5. The van der Waals surface area contributed by atoms with Crippen molar-refractivity contribution in [3.8, 4) is 0 Å². The van der Waals surface area contributed by atoms with Crippen LogP contribution in [0.25, 0.3) is 0 Å². The molecule has 1 heterocycles. The lowest BCUT2D eigenvalue weighted by Crippen LogP contribution is -2.67. The summed E-state index contributed by atoms with van der Waals surface area (Å²) in [6, 6.07) is -0.210. The zero-order valence-corrected chi connectivity index (χ0v) is 35.1. The van der Waals surface area contributed by atoms with Gasteiger partial charge in [-0.1, -0.05) is 60.6 Å². The number of aliphatic carboxylic acids is 1. The quantitative estimate of drug-likeness (QED) is 0.171. The summed E-state index contributed by atoms with van der Waals surface area (Å²) in [5.74, 6) is 1.36. The van der Waals surface area contributed by atoms with Crippen molar-refractivity contribution in [1.82, 2.24) is 9.62 Å². The van der Waals surface area contributed by atoms with Gasteiger partial charge in [-0.3, -0.25) is 14.4 Å². The minimum atomic E-state index is -3.32. The number of allylic oxidation sites excluding steroid dienone is 1. The summed E-state index contributed by atoms with van der Waals surface area (Å²) in [7, 11) is -3.32. The molecule has 5 aliphatic carbocycles. The third-order valence-corrected chi connectivity index (χ3v) is 17.9. The number of carbonyl (C=O) groups excluding carboxylic acids is 2.